The first kappa shape index (κ1) is 11.3. The molecule has 0 unspecified atom stereocenters. The maximum absolute atomic E-state index is 11.3. The van der Waals surface area contributed by atoms with Crippen LogP contribution in [0.2, 0.25) is 0 Å². The van der Waals surface area contributed by atoms with E-state index in [1.54, 1.807) is 6.92 Å². The van der Waals surface area contributed by atoms with Gasteiger partial charge in [0.2, 0.25) is 0 Å². The van der Waals surface area contributed by atoms with Crippen molar-refractivity contribution in [2.75, 3.05) is 6.61 Å². The molecular weight excluding hydrogens is 200 g/mol. The van der Waals surface area contributed by atoms with E-state index >= 15 is 0 Å². The summed E-state index contributed by atoms with van der Waals surface area (Å²) in [6.07, 6.45) is 4.14. The molecule has 1 atom stereocenters. The number of aliphatic hydroxyl groups is 1. The van der Waals surface area contributed by atoms with Gasteiger partial charge in [-0.2, -0.15) is 0 Å². The lowest BCUT2D eigenvalue weighted by molar-refractivity contribution is 0.101. The van der Waals surface area contributed by atoms with Gasteiger partial charge in [0.05, 0.1) is 0 Å². The molecule has 0 aliphatic heterocycles. The van der Waals surface area contributed by atoms with Crippen LogP contribution >= 0.6 is 0 Å². The van der Waals surface area contributed by atoms with E-state index in [4.69, 9.17) is 5.11 Å². The second-order valence-corrected chi connectivity index (χ2v) is 4.68. The molecule has 0 saturated heterocycles. The zero-order valence-electron chi connectivity index (χ0n) is 9.70. The highest BCUT2D eigenvalue weighted by Gasteiger charge is 2.21. The minimum absolute atomic E-state index is 0.140. The Balaban J connectivity index is 2.09. The molecular formula is C14H18O2. The molecule has 2 heteroatoms. The summed E-state index contributed by atoms with van der Waals surface area (Å²) in [4.78, 5) is 11.3. The molecule has 0 radical (unpaired) electrons. The fraction of sp³-hybridized carbons (Fsp3) is 0.500. The molecule has 1 aliphatic rings. The highest BCUT2D eigenvalue weighted by molar-refractivity contribution is 5.94. The second-order valence-electron chi connectivity index (χ2n) is 4.68. The Morgan fingerprint density at radius 2 is 2.12 bits per heavy atom. The van der Waals surface area contributed by atoms with Crippen LogP contribution in [0.3, 0.4) is 0 Å². The van der Waals surface area contributed by atoms with Gasteiger partial charge in [0.25, 0.3) is 0 Å². The quantitative estimate of drug-likeness (QED) is 0.788. The molecule has 0 fully saturated rings. The summed E-state index contributed by atoms with van der Waals surface area (Å²) in [5, 5.41) is 8.82. The van der Waals surface area contributed by atoms with E-state index in [-0.39, 0.29) is 12.4 Å². The van der Waals surface area contributed by atoms with Crippen molar-refractivity contribution < 1.29 is 9.90 Å². The molecule has 1 aliphatic carbocycles. The number of carbonyl (C=O) groups is 1. The van der Waals surface area contributed by atoms with Crippen molar-refractivity contribution in [1.29, 1.82) is 0 Å². The van der Waals surface area contributed by atoms with Crippen molar-refractivity contribution in [3.63, 3.8) is 0 Å². The van der Waals surface area contributed by atoms with Gasteiger partial charge < -0.3 is 5.11 Å². The lowest BCUT2D eigenvalue weighted by Gasteiger charge is -2.05. The number of hydrogen-bond donors (Lipinski definition) is 1. The van der Waals surface area contributed by atoms with Gasteiger partial charge in [-0.15, -0.1) is 0 Å². The van der Waals surface area contributed by atoms with E-state index in [1.165, 1.54) is 11.1 Å². The van der Waals surface area contributed by atoms with Crippen LogP contribution in [0.4, 0.5) is 0 Å². The summed E-state index contributed by atoms with van der Waals surface area (Å²) in [6, 6.07) is 6.05. The monoisotopic (exact) mass is 218 g/mol. The number of rotatable bonds is 4. The molecule has 0 spiro atoms. The minimum atomic E-state index is 0.140. The normalized spacial score (nSPS) is 18.5. The Kier molecular flexibility index (Phi) is 3.39. The Bertz CT molecular complexity index is 396. The molecule has 0 amide bonds. The van der Waals surface area contributed by atoms with Crippen LogP contribution in [-0.4, -0.2) is 17.5 Å². The van der Waals surface area contributed by atoms with E-state index in [2.05, 4.69) is 6.07 Å². The largest absolute Gasteiger partial charge is 0.396 e. The van der Waals surface area contributed by atoms with Gasteiger partial charge in [-0.25, -0.2) is 0 Å². The number of ketones is 1. The number of hydrogen-bond acceptors (Lipinski definition) is 2. The van der Waals surface area contributed by atoms with Crippen LogP contribution in [0.1, 0.15) is 41.3 Å². The molecule has 1 N–H and O–H groups in total. The molecule has 0 saturated carbocycles. The summed E-state index contributed by atoms with van der Waals surface area (Å²) in [6.45, 7) is 1.89. The first-order chi connectivity index (χ1) is 7.70. The van der Waals surface area contributed by atoms with Crippen molar-refractivity contribution in [2.24, 2.45) is 5.92 Å². The molecule has 0 aromatic heterocycles. The van der Waals surface area contributed by atoms with Crippen LogP contribution in [0.15, 0.2) is 18.2 Å². The zero-order chi connectivity index (χ0) is 11.5. The first-order valence-electron chi connectivity index (χ1n) is 5.94. The van der Waals surface area contributed by atoms with Gasteiger partial charge >= 0.3 is 0 Å². The third kappa shape index (κ3) is 2.33. The summed E-state index contributed by atoms with van der Waals surface area (Å²) in [7, 11) is 0. The molecule has 0 bridgehead atoms. The number of aliphatic hydroxyl groups excluding tert-OH is 1. The molecule has 86 valence electrons. The maximum atomic E-state index is 11.3. The van der Waals surface area contributed by atoms with E-state index in [0.717, 1.165) is 31.2 Å². The minimum Gasteiger partial charge on any atom is -0.396 e. The van der Waals surface area contributed by atoms with Gasteiger partial charge in [0.1, 0.15) is 0 Å². The van der Waals surface area contributed by atoms with Crippen molar-refractivity contribution in [1.82, 2.24) is 0 Å². The van der Waals surface area contributed by atoms with E-state index in [9.17, 15) is 4.79 Å². The fourth-order valence-corrected chi connectivity index (χ4v) is 2.51. The van der Waals surface area contributed by atoms with Gasteiger partial charge in [-0.05, 0) is 55.7 Å². The van der Waals surface area contributed by atoms with Gasteiger partial charge in [-0.3, -0.25) is 4.79 Å². The summed E-state index contributed by atoms with van der Waals surface area (Å²) in [5.74, 6) is 0.797. The SMILES string of the molecule is CC(=O)c1ccc2c(c1)C[C@H](CCCO)C2. The number of fused-ring (bicyclic) bond motifs is 1. The highest BCUT2D eigenvalue weighted by Crippen LogP contribution is 2.30. The van der Waals surface area contributed by atoms with E-state index in [0.29, 0.717) is 5.92 Å². The van der Waals surface area contributed by atoms with Crippen molar-refractivity contribution in [2.45, 2.75) is 32.6 Å². The summed E-state index contributed by atoms with van der Waals surface area (Å²) >= 11 is 0. The highest BCUT2D eigenvalue weighted by atomic mass is 16.2. The number of Topliss-reactive ketones (excluding diaryl/α,β-unsaturated/α-hetero) is 1. The lowest BCUT2D eigenvalue weighted by atomic mass is 10.0. The molecule has 2 rings (SSSR count). The Hall–Kier alpha value is -1.15. The predicted octanol–water partition coefficient (Wildman–Crippen LogP) is 2.38. The third-order valence-electron chi connectivity index (χ3n) is 3.40. The van der Waals surface area contributed by atoms with E-state index < -0.39 is 0 Å². The lowest BCUT2D eigenvalue weighted by Crippen LogP contribution is -2.00. The zero-order valence-corrected chi connectivity index (χ0v) is 9.70. The third-order valence-corrected chi connectivity index (χ3v) is 3.40. The van der Waals surface area contributed by atoms with Crippen LogP contribution < -0.4 is 0 Å². The maximum Gasteiger partial charge on any atom is 0.159 e. The first-order valence-corrected chi connectivity index (χ1v) is 5.94. The molecule has 0 heterocycles. The molecule has 1 aromatic carbocycles. The second kappa shape index (κ2) is 4.79. The Morgan fingerprint density at radius 1 is 1.38 bits per heavy atom. The van der Waals surface area contributed by atoms with Gasteiger partial charge in [0.15, 0.2) is 5.78 Å². The molecule has 2 nitrogen and oxygen atoms in total. The predicted molar refractivity (Wildman–Crippen MR) is 63.7 cm³/mol. The molecule has 1 aromatic rings. The Labute approximate surface area is 96.3 Å². The Morgan fingerprint density at radius 3 is 2.81 bits per heavy atom. The topological polar surface area (TPSA) is 37.3 Å². The van der Waals surface area contributed by atoms with Crippen molar-refractivity contribution >= 4 is 5.78 Å². The average Bonchev–Trinajstić information content (AvgIpc) is 2.67. The van der Waals surface area contributed by atoms with Crippen molar-refractivity contribution in [3.8, 4) is 0 Å². The number of benzene rings is 1. The standard InChI is InChI=1S/C14H18O2/c1-10(16)12-4-5-13-7-11(3-2-6-15)8-14(13)9-12/h4-5,9,11,15H,2-3,6-8H2,1H3/t11-/m1/s1. The van der Waals surface area contributed by atoms with Gasteiger partial charge in [0, 0.05) is 12.2 Å². The van der Waals surface area contributed by atoms with Crippen molar-refractivity contribution in [3.05, 3.63) is 34.9 Å². The number of carbonyl (C=O) groups excluding carboxylic acids is 1. The fourth-order valence-electron chi connectivity index (χ4n) is 2.51. The van der Waals surface area contributed by atoms with Crippen LogP contribution in [-0.2, 0) is 12.8 Å². The summed E-state index contributed by atoms with van der Waals surface area (Å²) in [5.41, 5.74) is 3.53. The summed E-state index contributed by atoms with van der Waals surface area (Å²) < 4.78 is 0. The van der Waals surface area contributed by atoms with Crippen LogP contribution in [0.25, 0.3) is 0 Å². The van der Waals surface area contributed by atoms with Crippen LogP contribution in [0, 0.1) is 5.92 Å². The van der Waals surface area contributed by atoms with Gasteiger partial charge in [-0.1, -0.05) is 12.1 Å². The van der Waals surface area contributed by atoms with Crippen LogP contribution in [0.5, 0.6) is 0 Å². The van der Waals surface area contributed by atoms with E-state index in [1.807, 2.05) is 12.1 Å². The smallest absolute Gasteiger partial charge is 0.159 e. The average molecular weight is 218 g/mol. The molecule has 16 heavy (non-hydrogen) atoms.